The summed E-state index contributed by atoms with van der Waals surface area (Å²) in [5.41, 5.74) is 7.54. The van der Waals surface area contributed by atoms with E-state index in [4.69, 9.17) is 14.9 Å². The number of nitrogens with one attached hydrogen (secondary N) is 1. The number of nitrogens with two attached hydrogens (primary N) is 1. The molecule has 3 aromatic heterocycles. The number of nitrogen functional groups attached to an aromatic ring is 1. The lowest BCUT2D eigenvalue weighted by Gasteiger charge is -2.17. The highest BCUT2D eigenvalue weighted by molar-refractivity contribution is 7.89. The molecule has 1 atom stereocenters. The summed E-state index contributed by atoms with van der Waals surface area (Å²) < 4.78 is 39.4. The zero-order chi connectivity index (χ0) is 24.4. The van der Waals surface area contributed by atoms with Gasteiger partial charge < -0.3 is 20.0 Å². The van der Waals surface area contributed by atoms with E-state index in [1.165, 1.54) is 30.5 Å². The lowest BCUT2D eigenvalue weighted by Crippen LogP contribution is -2.29. The van der Waals surface area contributed by atoms with Crippen molar-refractivity contribution in [1.82, 2.24) is 19.7 Å². The molecule has 5 aromatic rings. The number of fused-ring (bicyclic) bond motifs is 1. The fourth-order valence-electron chi connectivity index (χ4n) is 3.37. The maximum atomic E-state index is 12.7. The molecule has 3 heterocycles. The van der Waals surface area contributed by atoms with E-state index < -0.39 is 16.3 Å². The number of nitrogens with zero attached hydrogens (tertiary/aromatic N) is 3. The molecular formula is C24H19N5O5S. The van der Waals surface area contributed by atoms with E-state index in [1.54, 1.807) is 30.3 Å². The second-order valence-electron chi connectivity index (χ2n) is 7.41. The van der Waals surface area contributed by atoms with E-state index >= 15 is 0 Å². The Hall–Kier alpha value is -4.32. The molecule has 176 valence electrons. The maximum absolute atomic E-state index is 12.7. The summed E-state index contributed by atoms with van der Waals surface area (Å²) in [7, 11) is -4.19. The van der Waals surface area contributed by atoms with Crippen LogP contribution in [0.1, 0.15) is 11.8 Å². The molecule has 0 aliphatic rings. The van der Waals surface area contributed by atoms with Crippen molar-refractivity contribution < 1.29 is 22.7 Å². The Morgan fingerprint density at radius 1 is 0.943 bits per heavy atom. The van der Waals surface area contributed by atoms with Crippen molar-refractivity contribution in [3.63, 3.8) is 0 Å². The molecule has 0 aliphatic carbocycles. The summed E-state index contributed by atoms with van der Waals surface area (Å²) >= 11 is 0. The van der Waals surface area contributed by atoms with Gasteiger partial charge in [0, 0.05) is 6.20 Å². The summed E-state index contributed by atoms with van der Waals surface area (Å²) in [6, 6.07) is 21.6. The Labute approximate surface area is 200 Å². The van der Waals surface area contributed by atoms with E-state index in [2.05, 4.69) is 19.7 Å². The second kappa shape index (κ2) is 9.14. The molecule has 0 fully saturated rings. The number of anilines is 1. The number of pyridine rings is 2. The van der Waals surface area contributed by atoms with E-state index in [-0.39, 0.29) is 22.3 Å². The Morgan fingerprint density at radius 2 is 1.74 bits per heavy atom. The van der Waals surface area contributed by atoms with Gasteiger partial charge in [0.05, 0.1) is 11.1 Å². The quantitative estimate of drug-likeness (QED) is 0.291. The topological polar surface area (TPSA) is 153 Å². The lowest BCUT2D eigenvalue weighted by molar-refractivity contribution is 0.162. The third-order valence-electron chi connectivity index (χ3n) is 5.00. The van der Waals surface area contributed by atoms with E-state index in [0.29, 0.717) is 28.3 Å². The van der Waals surface area contributed by atoms with Gasteiger partial charge in [-0.15, -0.1) is 0 Å². The van der Waals surface area contributed by atoms with E-state index in [1.807, 2.05) is 24.3 Å². The van der Waals surface area contributed by atoms with Gasteiger partial charge in [-0.1, -0.05) is 30.3 Å². The molecule has 4 N–H and O–H groups in total. The van der Waals surface area contributed by atoms with Crippen LogP contribution in [0.4, 0.5) is 5.82 Å². The zero-order valence-corrected chi connectivity index (χ0v) is 18.9. The van der Waals surface area contributed by atoms with Crippen molar-refractivity contribution in [3.05, 3.63) is 90.6 Å². The number of aliphatic hydroxyl groups excluding tert-OH is 1. The Kier molecular flexibility index (Phi) is 5.87. The van der Waals surface area contributed by atoms with Gasteiger partial charge in [0.1, 0.15) is 23.3 Å². The predicted molar refractivity (Wildman–Crippen MR) is 128 cm³/mol. The van der Waals surface area contributed by atoms with Crippen LogP contribution in [0.15, 0.2) is 94.5 Å². The average molecular weight is 490 g/mol. The van der Waals surface area contributed by atoms with Crippen LogP contribution in [0.5, 0.6) is 11.6 Å². The number of oxazole rings is 1. The number of sulfonamides is 1. The van der Waals surface area contributed by atoms with Gasteiger partial charge in [-0.25, -0.2) is 23.4 Å². The third-order valence-corrected chi connectivity index (χ3v) is 6.31. The fraction of sp³-hybridized carbons (Fsp3) is 0.0417. The monoisotopic (exact) mass is 489 g/mol. The number of aromatic nitrogens is 3. The minimum atomic E-state index is -4.19. The van der Waals surface area contributed by atoms with Crippen LogP contribution in [0.3, 0.4) is 0 Å². The highest BCUT2D eigenvalue weighted by Gasteiger charge is 2.25. The van der Waals surface area contributed by atoms with Crippen molar-refractivity contribution in [2.24, 2.45) is 0 Å². The van der Waals surface area contributed by atoms with Crippen molar-refractivity contribution >= 4 is 26.9 Å². The van der Waals surface area contributed by atoms with E-state index in [9.17, 15) is 13.5 Å². The number of hydrogen-bond acceptors (Lipinski definition) is 9. The first kappa shape index (κ1) is 22.5. The zero-order valence-electron chi connectivity index (χ0n) is 18.1. The minimum Gasteiger partial charge on any atom is -0.438 e. The van der Waals surface area contributed by atoms with Crippen LogP contribution < -0.4 is 15.2 Å². The maximum Gasteiger partial charge on any atom is 0.260 e. The normalized spacial score (nSPS) is 12.5. The van der Waals surface area contributed by atoms with Gasteiger partial charge in [-0.3, -0.25) is 0 Å². The van der Waals surface area contributed by atoms with Crippen LogP contribution in [-0.2, 0) is 10.0 Å². The highest BCUT2D eigenvalue weighted by Crippen LogP contribution is 2.35. The van der Waals surface area contributed by atoms with Gasteiger partial charge in [0.15, 0.2) is 10.6 Å². The molecule has 0 radical (unpaired) electrons. The molecule has 5 rings (SSSR count). The van der Waals surface area contributed by atoms with Crippen molar-refractivity contribution in [1.29, 1.82) is 0 Å². The summed E-state index contributed by atoms with van der Waals surface area (Å²) in [6.45, 7) is 0. The van der Waals surface area contributed by atoms with Crippen LogP contribution in [0, 0.1) is 0 Å². The molecule has 11 heteroatoms. The van der Waals surface area contributed by atoms with Crippen molar-refractivity contribution in [2.75, 3.05) is 5.73 Å². The molecule has 0 aliphatic heterocycles. The van der Waals surface area contributed by atoms with Crippen LogP contribution >= 0.6 is 0 Å². The highest BCUT2D eigenvalue weighted by atomic mass is 32.2. The molecular weight excluding hydrogens is 470 g/mol. The molecule has 35 heavy (non-hydrogen) atoms. The minimum absolute atomic E-state index is 0.00760. The standard InChI is InChI=1S/C24H19N5O5S/c25-20-12-5-13-21(28-20)35(31,32)29-22(30)16-8-6-14-26-23(16)33-18-10-3-1-7-15(18)24-27-17-9-2-4-11-19(17)34-24/h1-14,22,29-30H,(H2,25,28). The van der Waals surface area contributed by atoms with Crippen LogP contribution in [0.2, 0.25) is 0 Å². The first-order chi connectivity index (χ1) is 16.9. The molecule has 0 bridgehead atoms. The molecule has 2 aromatic carbocycles. The van der Waals surface area contributed by atoms with Crippen LogP contribution in [-0.4, -0.2) is 28.5 Å². The second-order valence-corrected chi connectivity index (χ2v) is 9.07. The van der Waals surface area contributed by atoms with Crippen molar-refractivity contribution in [3.8, 4) is 23.1 Å². The SMILES string of the molecule is Nc1cccc(S(=O)(=O)NC(O)c2cccnc2Oc2ccccc2-c2nc3ccccc3o2)n1. The first-order valence-corrected chi connectivity index (χ1v) is 11.9. The number of ether oxygens (including phenoxy) is 1. The lowest BCUT2D eigenvalue weighted by atomic mass is 10.2. The number of hydrogen-bond donors (Lipinski definition) is 3. The summed E-state index contributed by atoms with van der Waals surface area (Å²) in [5.74, 6) is 0.718. The van der Waals surface area contributed by atoms with E-state index in [0.717, 1.165) is 0 Å². The van der Waals surface area contributed by atoms with Gasteiger partial charge in [0.25, 0.3) is 10.0 Å². The summed E-state index contributed by atoms with van der Waals surface area (Å²) in [6.07, 6.45) is -0.218. The van der Waals surface area contributed by atoms with Gasteiger partial charge in [0.2, 0.25) is 11.8 Å². The first-order valence-electron chi connectivity index (χ1n) is 10.4. The average Bonchev–Trinajstić information content (AvgIpc) is 3.29. The van der Waals surface area contributed by atoms with Gasteiger partial charge in [-0.05, 0) is 48.5 Å². The summed E-state index contributed by atoms with van der Waals surface area (Å²) in [4.78, 5) is 12.5. The van der Waals surface area contributed by atoms with Gasteiger partial charge in [-0.2, -0.15) is 4.72 Å². The Morgan fingerprint density at radius 3 is 2.57 bits per heavy atom. The number of aliphatic hydroxyl groups is 1. The predicted octanol–water partition coefficient (Wildman–Crippen LogP) is 3.63. The van der Waals surface area contributed by atoms with Crippen molar-refractivity contribution in [2.45, 2.75) is 11.3 Å². The molecule has 0 spiro atoms. The van der Waals surface area contributed by atoms with Crippen LogP contribution in [0.25, 0.3) is 22.6 Å². The Bertz CT molecular complexity index is 1590. The third kappa shape index (κ3) is 4.68. The number of para-hydroxylation sites is 3. The number of benzene rings is 2. The fourth-order valence-corrected chi connectivity index (χ4v) is 4.40. The van der Waals surface area contributed by atoms with Gasteiger partial charge >= 0.3 is 0 Å². The molecule has 0 saturated heterocycles. The molecule has 0 saturated carbocycles. The Balaban J connectivity index is 1.46. The smallest absolute Gasteiger partial charge is 0.260 e. The molecule has 10 nitrogen and oxygen atoms in total. The number of rotatable bonds is 7. The molecule has 0 amide bonds. The molecule has 1 unspecified atom stereocenters. The summed E-state index contributed by atoms with van der Waals surface area (Å²) in [5, 5.41) is 10.4. The largest absolute Gasteiger partial charge is 0.438 e.